The van der Waals surface area contributed by atoms with Gasteiger partial charge in [-0.25, -0.2) is 9.59 Å². The number of carboxylic acid groups (broad SMARTS) is 1. The summed E-state index contributed by atoms with van der Waals surface area (Å²) in [5.41, 5.74) is 0.738. The lowest BCUT2D eigenvalue weighted by molar-refractivity contribution is 0.0599. The van der Waals surface area contributed by atoms with E-state index in [1.807, 2.05) is 0 Å². The van der Waals surface area contributed by atoms with Gasteiger partial charge in [0.2, 0.25) is 0 Å². The number of benzene rings is 2. The average molecular weight is 300 g/mol. The minimum Gasteiger partial charge on any atom is -0.507 e. The molecular weight excluding hydrogens is 288 g/mol. The lowest BCUT2D eigenvalue weighted by Gasteiger charge is -2.01. The number of carbonyl (C=O) groups excluding carboxylic acids is 1. The first kappa shape index (κ1) is 15.2. The van der Waals surface area contributed by atoms with E-state index in [2.05, 4.69) is 15.0 Å². The van der Waals surface area contributed by atoms with Crippen molar-refractivity contribution in [2.75, 3.05) is 7.11 Å². The third-order valence-corrected chi connectivity index (χ3v) is 2.76. The maximum absolute atomic E-state index is 11.4. The Morgan fingerprint density at radius 2 is 1.73 bits per heavy atom. The van der Waals surface area contributed by atoms with Crippen LogP contribution in [0.4, 0.5) is 11.4 Å². The molecule has 0 heterocycles. The van der Waals surface area contributed by atoms with E-state index in [9.17, 15) is 14.7 Å². The van der Waals surface area contributed by atoms with Crippen molar-refractivity contribution in [1.82, 2.24) is 0 Å². The van der Waals surface area contributed by atoms with Gasteiger partial charge in [0.25, 0.3) is 0 Å². The van der Waals surface area contributed by atoms with Crippen LogP contribution in [0.1, 0.15) is 20.7 Å². The SMILES string of the molecule is COC(=O)c1cccc(N=Nc2ccc(O)c(C(=O)O)c2)c1. The van der Waals surface area contributed by atoms with Crippen LogP contribution in [0.2, 0.25) is 0 Å². The molecule has 2 N–H and O–H groups in total. The molecule has 0 aliphatic heterocycles. The summed E-state index contributed by atoms with van der Waals surface area (Å²) in [5, 5.41) is 26.1. The summed E-state index contributed by atoms with van der Waals surface area (Å²) in [5.74, 6) is -2.10. The Morgan fingerprint density at radius 3 is 2.36 bits per heavy atom. The molecule has 0 aliphatic carbocycles. The Morgan fingerprint density at radius 1 is 1.05 bits per heavy atom. The number of esters is 1. The van der Waals surface area contributed by atoms with Crippen LogP contribution in [0.25, 0.3) is 0 Å². The quantitative estimate of drug-likeness (QED) is 0.665. The van der Waals surface area contributed by atoms with Gasteiger partial charge in [-0.05, 0) is 36.4 Å². The minimum atomic E-state index is -1.26. The van der Waals surface area contributed by atoms with Gasteiger partial charge >= 0.3 is 11.9 Å². The van der Waals surface area contributed by atoms with Gasteiger partial charge in [0.05, 0.1) is 24.0 Å². The first-order valence-corrected chi connectivity index (χ1v) is 6.17. The first-order chi connectivity index (χ1) is 10.5. The zero-order valence-corrected chi connectivity index (χ0v) is 11.6. The molecule has 0 aliphatic rings. The largest absolute Gasteiger partial charge is 0.507 e. The van der Waals surface area contributed by atoms with Crippen molar-refractivity contribution in [3.63, 3.8) is 0 Å². The molecule has 0 spiro atoms. The second kappa shape index (κ2) is 6.49. The molecule has 7 nitrogen and oxygen atoms in total. The summed E-state index contributed by atoms with van der Waals surface area (Å²) < 4.78 is 4.61. The Labute approximate surface area is 125 Å². The van der Waals surface area contributed by atoms with E-state index >= 15 is 0 Å². The molecule has 0 bridgehead atoms. The van der Waals surface area contributed by atoms with Crippen molar-refractivity contribution in [3.05, 3.63) is 53.6 Å². The molecule has 0 saturated carbocycles. The van der Waals surface area contributed by atoms with E-state index in [1.165, 1.54) is 31.4 Å². The van der Waals surface area contributed by atoms with Crippen molar-refractivity contribution in [1.29, 1.82) is 0 Å². The molecule has 22 heavy (non-hydrogen) atoms. The molecule has 0 aromatic heterocycles. The zero-order chi connectivity index (χ0) is 16.1. The molecule has 0 saturated heterocycles. The van der Waals surface area contributed by atoms with Crippen LogP contribution in [0.3, 0.4) is 0 Å². The third kappa shape index (κ3) is 3.45. The van der Waals surface area contributed by atoms with E-state index in [0.717, 1.165) is 0 Å². The number of methoxy groups -OCH3 is 1. The molecular formula is C15H12N2O5. The van der Waals surface area contributed by atoms with Gasteiger partial charge in [0.15, 0.2) is 0 Å². The maximum Gasteiger partial charge on any atom is 0.339 e. The van der Waals surface area contributed by atoms with Crippen LogP contribution >= 0.6 is 0 Å². The first-order valence-electron chi connectivity index (χ1n) is 6.17. The number of phenols is 1. The van der Waals surface area contributed by atoms with Crippen molar-refractivity contribution < 1.29 is 24.5 Å². The molecule has 0 atom stereocenters. The number of aromatic carboxylic acids is 1. The minimum absolute atomic E-state index is 0.263. The van der Waals surface area contributed by atoms with Crippen LogP contribution in [0.15, 0.2) is 52.7 Å². The second-order valence-corrected chi connectivity index (χ2v) is 4.25. The van der Waals surface area contributed by atoms with Gasteiger partial charge in [0.1, 0.15) is 11.3 Å². The Bertz CT molecular complexity index is 755. The fourth-order valence-electron chi connectivity index (χ4n) is 1.69. The van der Waals surface area contributed by atoms with Gasteiger partial charge in [-0.1, -0.05) is 6.07 Å². The summed E-state index contributed by atoms with van der Waals surface area (Å²) >= 11 is 0. The van der Waals surface area contributed by atoms with Crippen molar-refractivity contribution in [3.8, 4) is 5.75 Å². The average Bonchev–Trinajstić information content (AvgIpc) is 2.53. The number of ether oxygens (including phenoxy) is 1. The van der Waals surface area contributed by atoms with E-state index in [0.29, 0.717) is 11.3 Å². The van der Waals surface area contributed by atoms with Gasteiger partial charge in [-0.15, -0.1) is 0 Å². The predicted molar refractivity (Wildman–Crippen MR) is 77.0 cm³/mol. The van der Waals surface area contributed by atoms with Crippen LogP contribution < -0.4 is 0 Å². The maximum atomic E-state index is 11.4. The summed E-state index contributed by atoms with van der Waals surface area (Å²) in [6, 6.07) is 10.2. The van der Waals surface area contributed by atoms with E-state index < -0.39 is 11.9 Å². The number of aromatic hydroxyl groups is 1. The number of carboxylic acids is 1. The van der Waals surface area contributed by atoms with Crippen molar-refractivity contribution >= 4 is 23.3 Å². The molecule has 0 radical (unpaired) electrons. The van der Waals surface area contributed by atoms with E-state index in [-0.39, 0.29) is 17.0 Å². The normalized spacial score (nSPS) is 10.6. The number of carbonyl (C=O) groups is 2. The van der Waals surface area contributed by atoms with Gasteiger partial charge in [0, 0.05) is 0 Å². The fraction of sp³-hybridized carbons (Fsp3) is 0.0667. The molecule has 0 amide bonds. The molecule has 0 unspecified atom stereocenters. The van der Waals surface area contributed by atoms with Crippen LogP contribution in [0, 0.1) is 0 Å². The molecule has 2 aromatic rings. The van der Waals surface area contributed by atoms with E-state index in [4.69, 9.17) is 5.11 Å². The smallest absolute Gasteiger partial charge is 0.339 e. The van der Waals surface area contributed by atoms with Crippen molar-refractivity contribution in [2.45, 2.75) is 0 Å². The Balaban J connectivity index is 2.27. The van der Waals surface area contributed by atoms with Crippen molar-refractivity contribution in [2.24, 2.45) is 10.2 Å². The molecule has 112 valence electrons. The number of hydrogen-bond acceptors (Lipinski definition) is 6. The Kier molecular flexibility index (Phi) is 4.47. The van der Waals surface area contributed by atoms with Crippen LogP contribution in [0.5, 0.6) is 5.75 Å². The standard InChI is InChI=1S/C15H12N2O5/c1-22-15(21)9-3-2-4-10(7-9)16-17-11-5-6-13(18)12(8-11)14(19)20/h2-8,18H,1H3,(H,19,20). The molecule has 7 heteroatoms. The second-order valence-electron chi connectivity index (χ2n) is 4.25. The van der Waals surface area contributed by atoms with Gasteiger partial charge < -0.3 is 14.9 Å². The highest BCUT2D eigenvalue weighted by Gasteiger charge is 2.10. The lowest BCUT2D eigenvalue weighted by Crippen LogP contribution is -1.99. The topological polar surface area (TPSA) is 109 Å². The van der Waals surface area contributed by atoms with Crippen LogP contribution in [-0.4, -0.2) is 29.3 Å². The summed E-state index contributed by atoms with van der Waals surface area (Å²) in [7, 11) is 1.28. The number of azo groups is 1. The zero-order valence-electron chi connectivity index (χ0n) is 11.6. The molecule has 0 fully saturated rings. The highest BCUT2D eigenvalue weighted by atomic mass is 16.5. The highest BCUT2D eigenvalue weighted by Crippen LogP contribution is 2.25. The summed E-state index contributed by atoms with van der Waals surface area (Å²) in [6.07, 6.45) is 0. The molecule has 2 rings (SSSR count). The summed E-state index contributed by atoms with van der Waals surface area (Å²) in [4.78, 5) is 22.3. The Hall–Kier alpha value is -3.22. The fourth-order valence-corrected chi connectivity index (χ4v) is 1.69. The monoisotopic (exact) mass is 300 g/mol. The van der Waals surface area contributed by atoms with Crippen LogP contribution in [-0.2, 0) is 4.74 Å². The third-order valence-electron chi connectivity index (χ3n) is 2.76. The highest BCUT2D eigenvalue weighted by molar-refractivity contribution is 5.92. The van der Waals surface area contributed by atoms with E-state index in [1.54, 1.807) is 18.2 Å². The predicted octanol–water partition coefficient (Wildman–Crippen LogP) is 3.29. The summed E-state index contributed by atoms with van der Waals surface area (Å²) in [6.45, 7) is 0. The van der Waals surface area contributed by atoms with Gasteiger partial charge in [-0.3, -0.25) is 0 Å². The number of nitrogens with zero attached hydrogens (tertiary/aromatic N) is 2. The van der Waals surface area contributed by atoms with Gasteiger partial charge in [-0.2, -0.15) is 10.2 Å². The molecule has 2 aromatic carbocycles. The number of rotatable bonds is 4. The number of hydrogen-bond donors (Lipinski definition) is 2. The lowest BCUT2D eigenvalue weighted by atomic mass is 10.2.